The fourth-order valence-corrected chi connectivity index (χ4v) is 4.31. The third-order valence-corrected chi connectivity index (χ3v) is 6.01. The van der Waals surface area contributed by atoms with Crippen LogP contribution in [0.1, 0.15) is 18.4 Å². The zero-order chi connectivity index (χ0) is 20.5. The standard InChI is InChI=1S/C23H24ClN3O2/c1-25-13-11-18(12-14-25)26(2)21-20(16-7-4-3-5-8-16)22(28)27(23(21)29)19-10-6-9-17(24)15-19/h3-10,15,18H,11-14H2,1-2H3. The molecule has 0 aromatic heterocycles. The van der Waals surface area contributed by atoms with Gasteiger partial charge in [-0.05, 0) is 56.7 Å². The number of halogens is 1. The molecule has 1 saturated heterocycles. The van der Waals surface area contributed by atoms with E-state index in [2.05, 4.69) is 11.9 Å². The molecule has 2 heterocycles. The SMILES string of the molecule is CN1CCC(N(C)C2=C(c3ccccc3)C(=O)N(c3cccc(Cl)c3)C2=O)CC1. The van der Waals surface area contributed by atoms with Crippen molar-refractivity contribution in [2.45, 2.75) is 18.9 Å². The number of piperidine rings is 1. The third kappa shape index (κ3) is 3.68. The molecule has 2 aromatic carbocycles. The van der Waals surface area contributed by atoms with Crippen LogP contribution in [0.25, 0.3) is 5.57 Å². The van der Waals surface area contributed by atoms with Crippen LogP contribution in [0.4, 0.5) is 5.69 Å². The summed E-state index contributed by atoms with van der Waals surface area (Å²) >= 11 is 6.13. The minimum absolute atomic E-state index is 0.218. The van der Waals surface area contributed by atoms with E-state index in [9.17, 15) is 9.59 Å². The molecule has 2 aliphatic rings. The van der Waals surface area contributed by atoms with E-state index in [4.69, 9.17) is 11.6 Å². The molecule has 0 saturated carbocycles. The Hall–Kier alpha value is -2.63. The van der Waals surface area contributed by atoms with E-state index < -0.39 is 0 Å². The van der Waals surface area contributed by atoms with E-state index in [-0.39, 0.29) is 17.9 Å². The van der Waals surface area contributed by atoms with Crippen LogP contribution in [0.3, 0.4) is 0 Å². The van der Waals surface area contributed by atoms with Gasteiger partial charge in [-0.3, -0.25) is 9.59 Å². The number of likely N-dealkylation sites (N-methyl/N-ethyl adjacent to an activating group) is 1. The predicted molar refractivity (Wildman–Crippen MR) is 116 cm³/mol. The number of carbonyl (C=O) groups is 2. The Morgan fingerprint density at radius 2 is 1.66 bits per heavy atom. The lowest BCUT2D eigenvalue weighted by atomic mass is 10.0. The van der Waals surface area contributed by atoms with Gasteiger partial charge in [0.1, 0.15) is 5.70 Å². The average Bonchev–Trinajstić information content (AvgIpc) is 2.99. The summed E-state index contributed by atoms with van der Waals surface area (Å²) in [6, 6.07) is 16.5. The minimum atomic E-state index is -0.307. The van der Waals surface area contributed by atoms with Crippen molar-refractivity contribution in [1.82, 2.24) is 9.80 Å². The van der Waals surface area contributed by atoms with Crippen LogP contribution in [-0.4, -0.2) is 54.8 Å². The fraction of sp³-hybridized carbons (Fsp3) is 0.304. The summed E-state index contributed by atoms with van der Waals surface area (Å²) in [5, 5.41) is 0.487. The zero-order valence-electron chi connectivity index (χ0n) is 16.6. The molecule has 0 bridgehead atoms. The summed E-state index contributed by atoms with van der Waals surface area (Å²) in [7, 11) is 4.04. The number of amides is 2. The lowest BCUT2D eigenvalue weighted by Gasteiger charge is -2.36. The molecule has 0 N–H and O–H groups in total. The molecule has 2 aliphatic heterocycles. The van der Waals surface area contributed by atoms with E-state index in [0.29, 0.717) is 22.0 Å². The molecule has 150 valence electrons. The second kappa shape index (κ2) is 8.01. The van der Waals surface area contributed by atoms with E-state index >= 15 is 0 Å². The highest BCUT2D eigenvalue weighted by atomic mass is 35.5. The van der Waals surface area contributed by atoms with Gasteiger partial charge < -0.3 is 9.80 Å². The molecule has 0 atom stereocenters. The van der Waals surface area contributed by atoms with Crippen molar-refractivity contribution < 1.29 is 9.59 Å². The number of benzene rings is 2. The van der Waals surface area contributed by atoms with Crippen molar-refractivity contribution in [2.75, 3.05) is 32.1 Å². The van der Waals surface area contributed by atoms with Crippen molar-refractivity contribution in [3.63, 3.8) is 0 Å². The molecule has 4 rings (SSSR count). The Kier molecular flexibility index (Phi) is 5.43. The summed E-state index contributed by atoms with van der Waals surface area (Å²) in [4.78, 5) is 32.5. The van der Waals surface area contributed by atoms with Crippen LogP contribution in [0.5, 0.6) is 0 Å². The Morgan fingerprint density at radius 3 is 2.31 bits per heavy atom. The van der Waals surface area contributed by atoms with Crippen molar-refractivity contribution in [2.24, 2.45) is 0 Å². The van der Waals surface area contributed by atoms with E-state index in [1.807, 2.05) is 42.3 Å². The van der Waals surface area contributed by atoms with Crippen molar-refractivity contribution in [3.8, 4) is 0 Å². The van der Waals surface area contributed by atoms with Crippen LogP contribution in [0.2, 0.25) is 5.02 Å². The summed E-state index contributed by atoms with van der Waals surface area (Å²) < 4.78 is 0. The van der Waals surface area contributed by atoms with Gasteiger partial charge in [0.15, 0.2) is 0 Å². The molecule has 1 fully saturated rings. The number of hydrogen-bond acceptors (Lipinski definition) is 4. The monoisotopic (exact) mass is 409 g/mol. The quantitative estimate of drug-likeness (QED) is 0.723. The summed E-state index contributed by atoms with van der Waals surface area (Å²) in [5.41, 5.74) is 2.17. The van der Waals surface area contributed by atoms with Gasteiger partial charge in [0.25, 0.3) is 11.8 Å². The largest absolute Gasteiger partial charge is 0.366 e. The molecular formula is C23H24ClN3O2. The van der Waals surface area contributed by atoms with Gasteiger partial charge in [-0.2, -0.15) is 0 Å². The lowest BCUT2D eigenvalue weighted by Crippen LogP contribution is -2.43. The van der Waals surface area contributed by atoms with Crippen LogP contribution in [-0.2, 0) is 9.59 Å². The molecule has 0 spiro atoms. The maximum Gasteiger partial charge on any atom is 0.282 e. The highest BCUT2D eigenvalue weighted by Gasteiger charge is 2.43. The van der Waals surface area contributed by atoms with Gasteiger partial charge in [0, 0.05) is 18.1 Å². The minimum Gasteiger partial charge on any atom is -0.366 e. The van der Waals surface area contributed by atoms with E-state index in [0.717, 1.165) is 31.5 Å². The highest BCUT2D eigenvalue weighted by molar-refractivity contribution is 6.45. The van der Waals surface area contributed by atoms with Crippen molar-refractivity contribution >= 4 is 34.7 Å². The first-order chi connectivity index (χ1) is 14.0. The molecule has 0 aliphatic carbocycles. The van der Waals surface area contributed by atoms with Crippen molar-refractivity contribution in [3.05, 3.63) is 70.9 Å². The number of imide groups is 1. The molecule has 5 nitrogen and oxygen atoms in total. The lowest BCUT2D eigenvalue weighted by molar-refractivity contribution is -0.120. The number of nitrogens with zero attached hydrogens (tertiary/aromatic N) is 3. The second-order valence-electron chi connectivity index (χ2n) is 7.66. The van der Waals surface area contributed by atoms with Crippen molar-refractivity contribution in [1.29, 1.82) is 0 Å². The third-order valence-electron chi connectivity index (χ3n) is 5.78. The van der Waals surface area contributed by atoms with Gasteiger partial charge in [-0.15, -0.1) is 0 Å². The smallest absolute Gasteiger partial charge is 0.282 e. The molecule has 0 radical (unpaired) electrons. The van der Waals surface area contributed by atoms with Crippen LogP contribution < -0.4 is 4.90 Å². The normalized spacial score (nSPS) is 18.7. The van der Waals surface area contributed by atoms with Gasteiger partial charge in [0.05, 0.1) is 11.3 Å². The summed E-state index contributed by atoms with van der Waals surface area (Å²) in [6.45, 7) is 1.95. The Morgan fingerprint density at radius 1 is 0.966 bits per heavy atom. The van der Waals surface area contributed by atoms with Crippen LogP contribution >= 0.6 is 11.6 Å². The predicted octanol–water partition coefficient (Wildman–Crippen LogP) is 3.65. The fourth-order valence-electron chi connectivity index (χ4n) is 4.12. The number of rotatable bonds is 4. The van der Waals surface area contributed by atoms with Gasteiger partial charge in [-0.25, -0.2) is 4.90 Å². The number of anilines is 1. The molecule has 6 heteroatoms. The van der Waals surface area contributed by atoms with Crippen LogP contribution in [0.15, 0.2) is 60.3 Å². The molecular weight excluding hydrogens is 386 g/mol. The topological polar surface area (TPSA) is 43.9 Å². The Bertz CT molecular complexity index is 965. The average molecular weight is 410 g/mol. The van der Waals surface area contributed by atoms with Crippen LogP contribution in [0, 0.1) is 0 Å². The molecule has 2 amide bonds. The number of likely N-dealkylation sites (tertiary alicyclic amines) is 1. The highest BCUT2D eigenvalue weighted by Crippen LogP contribution is 2.36. The van der Waals surface area contributed by atoms with Gasteiger partial charge in [0.2, 0.25) is 0 Å². The Labute approximate surface area is 176 Å². The zero-order valence-corrected chi connectivity index (χ0v) is 17.4. The summed E-state index contributed by atoms with van der Waals surface area (Å²) in [5.74, 6) is -0.601. The Balaban J connectivity index is 1.78. The first-order valence-corrected chi connectivity index (χ1v) is 10.2. The number of carbonyl (C=O) groups excluding carboxylic acids is 2. The maximum absolute atomic E-state index is 13.5. The molecule has 0 unspecified atom stereocenters. The van der Waals surface area contributed by atoms with Gasteiger partial charge >= 0.3 is 0 Å². The van der Waals surface area contributed by atoms with Gasteiger partial charge in [-0.1, -0.05) is 48.0 Å². The molecule has 2 aromatic rings. The first kappa shape index (κ1) is 19.7. The molecule has 29 heavy (non-hydrogen) atoms. The second-order valence-corrected chi connectivity index (χ2v) is 8.10. The van der Waals surface area contributed by atoms with E-state index in [1.165, 1.54) is 4.90 Å². The maximum atomic E-state index is 13.5. The first-order valence-electron chi connectivity index (χ1n) is 9.83. The number of hydrogen-bond donors (Lipinski definition) is 0. The summed E-state index contributed by atoms with van der Waals surface area (Å²) in [6.07, 6.45) is 1.91. The van der Waals surface area contributed by atoms with E-state index in [1.54, 1.807) is 24.3 Å².